The van der Waals surface area contributed by atoms with Gasteiger partial charge in [-0.3, -0.25) is 4.79 Å². The van der Waals surface area contributed by atoms with Crippen molar-refractivity contribution in [1.82, 2.24) is 4.57 Å². The number of sulfone groups is 1. The van der Waals surface area contributed by atoms with Gasteiger partial charge in [-0.15, -0.1) is 0 Å². The minimum atomic E-state index is -3.05. The Morgan fingerprint density at radius 1 is 1.28 bits per heavy atom. The summed E-state index contributed by atoms with van der Waals surface area (Å²) in [6.45, 7) is 5.36. The number of carbonyl (C=O) groups excluding carboxylic acids is 1. The molecule has 25 heavy (non-hydrogen) atoms. The Labute approximate surface area is 148 Å². The third-order valence-corrected chi connectivity index (χ3v) is 5.31. The molecule has 0 N–H and O–H groups in total. The van der Waals surface area contributed by atoms with Crippen LogP contribution in [-0.4, -0.2) is 30.8 Å². The smallest absolute Gasteiger partial charge is 0.161 e. The molecule has 0 spiro atoms. The van der Waals surface area contributed by atoms with E-state index in [1.807, 2.05) is 36.6 Å². The van der Waals surface area contributed by atoms with E-state index in [0.29, 0.717) is 17.5 Å². The van der Waals surface area contributed by atoms with Crippen LogP contribution in [0.25, 0.3) is 5.69 Å². The lowest BCUT2D eigenvalue weighted by molar-refractivity contribution is 0.101. The number of nitrogens with zero attached hydrogens (tertiary/aromatic N) is 2. The Bertz CT molecular complexity index is 932. The van der Waals surface area contributed by atoms with Gasteiger partial charge in [0.25, 0.3) is 0 Å². The van der Waals surface area contributed by atoms with Gasteiger partial charge in [0, 0.05) is 28.9 Å². The van der Waals surface area contributed by atoms with E-state index < -0.39 is 9.84 Å². The Balaban J connectivity index is 2.52. The zero-order valence-corrected chi connectivity index (χ0v) is 15.7. The van der Waals surface area contributed by atoms with Crippen molar-refractivity contribution in [3.8, 4) is 11.8 Å². The fourth-order valence-electron chi connectivity index (χ4n) is 2.92. The topological polar surface area (TPSA) is 79.9 Å². The number of Topliss-reactive ketones (excluding diaryl/α,β-unsaturated/α-hetero) is 1. The molecule has 0 aliphatic heterocycles. The van der Waals surface area contributed by atoms with Gasteiger partial charge >= 0.3 is 0 Å². The first kappa shape index (κ1) is 18.9. The molecule has 6 heteroatoms. The summed E-state index contributed by atoms with van der Waals surface area (Å²) in [5.74, 6) is 0.0416. The second kappa shape index (κ2) is 7.24. The summed E-state index contributed by atoms with van der Waals surface area (Å²) in [6.07, 6.45) is 1.71. The molecule has 1 aromatic heterocycles. The maximum Gasteiger partial charge on any atom is 0.161 e. The fourth-order valence-corrected chi connectivity index (χ4v) is 3.70. The number of nitriles is 1. The number of aromatic nitrogens is 1. The van der Waals surface area contributed by atoms with Gasteiger partial charge < -0.3 is 4.57 Å². The fraction of sp³-hybridized carbons (Fsp3) is 0.368. The molecule has 0 radical (unpaired) electrons. The van der Waals surface area contributed by atoms with Crippen LogP contribution in [-0.2, 0) is 9.84 Å². The lowest BCUT2D eigenvalue weighted by Gasteiger charge is -2.17. The van der Waals surface area contributed by atoms with Gasteiger partial charge in [0.05, 0.1) is 17.4 Å². The molecule has 1 aromatic carbocycles. The van der Waals surface area contributed by atoms with Crippen molar-refractivity contribution in [2.75, 3.05) is 12.0 Å². The number of hydrogen-bond donors (Lipinski definition) is 0. The highest BCUT2D eigenvalue weighted by molar-refractivity contribution is 7.90. The third-order valence-electron chi connectivity index (χ3n) is 4.34. The van der Waals surface area contributed by atoms with E-state index in [1.54, 1.807) is 12.1 Å². The summed E-state index contributed by atoms with van der Waals surface area (Å²) < 4.78 is 24.9. The normalized spacial score (nSPS) is 12.6. The van der Waals surface area contributed by atoms with Gasteiger partial charge in [-0.25, -0.2) is 8.42 Å². The molecule has 1 atom stereocenters. The Kier molecular flexibility index (Phi) is 5.48. The molecule has 0 aliphatic carbocycles. The zero-order chi connectivity index (χ0) is 18.8. The molecule has 0 saturated carbocycles. The molecule has 2 rings (SSSR count). The number of rotatable bonds is 6. The molecule has 132 valence electrons. The summed E-state index contributed by atoms with van der Waals surface area (Å²) in [4.78, 5) is 12.0. The second-order valence-corrected chi connectivity index (χ2v) is 8.70. The van der Waals surface area contributed by atoms with Crippen LogP contribution in [0.4, 0.5) is 0 Å². The average molecular weight is 358 g/mol. The van der Waals surface area contributed by atoms with Gasteiger partial charge in [0.1, 0.15) is 9.84 Å². The van der Waals surface area contributed by atoms with Gasteiger partial charge in [0.2, 0.25) is 0 Å². The van der Waals surface area contributed by atoms with Crippen LogP contribution in [0.5, 0.6) is 0 Å². The van der Waals surface area contributed by atoms with E-state index in [2.05, 4.69) is 6.07 Å². The zero-order valence-electron chi connectivity index (χ0n) is 14.9. The molecule has 0 aliphatic rings. The Hall–Kier alpha value is -2.39. The lowest BCUT2D eigenvalue weighted by Crippen LogP contribution is -2.10. The van der Waals surface area contributed by atoms with E-state index in [0.717, 1.165) is 17.1 Å². The van der Waals surface area contributed by atoms with Crippen LogP contribution in [0.1, 0.15) is 53.5 Å². The van der Waals surface area contributed by atoms with Crippen LogP contribution in [0.2, 0.25) is 0 Å². The minimum absolute atomic E-state index is 0.0264. The van der Waals surface area contributed by atoms with Crippen LogP contribution >= 0.6 is 0 Å². The third kappa shape index (κ3) is 4.37. The predicted octanol–water partition coefficient (Wildman–Crippen LogP) is 3.40. The summed E-state index contributed by atoms with van der Waals surface area (Å²) in [7, 11) is -3.05. The van der Waals surface area contributed by atoms with Crippen molar-refractivity contribution in [1.29, 1.82) is 5.26 Å². The van der Waals surface area contributed by atoms with Gasteiger partial charge in [-0.05, 0) is 56.5 Å². The molecular weight excluding hydrogens is 336 g/mol. The maximum atomic E-state index is 12.0. The van der Waals surface area contributed by atoms with Gasteiger partial charge in [-0.1, -0.05) is 6.92 Å². The van der Waals surface area contributed by atoms with Crippen molar-refractivity contribution in [3.05, 3.63) is 52.8 Å². The van der Waals surface area contributed by atoms with Crippen molar-refractivity contribution < 1.29 is 13.2 Å². The standard InChI is InChI=1S/C19H22N2O3S/c1-13(9-10-25(4,23)24)19-11-18(15(3)22)14(2)21(19)17-7-5-16(12-20)6-8-17/h5-8,11,13H,9-10H2,1-4H3. The molecule has 0 saturated heterocycles. The molecular formula is C19H22N2O3S. The highest BCUT2D eigenvalue weighted by Gasteiger charge is 2.21. The molecule has 1 heterocycles. The number of hydrogen-bond acceptors (Lipinski definition) is 4. The van der Waals surface area contributed by atoms with Crippen LogP contribution in [0.15, 0.2) is 30.3 Å². The first-order chi connectivity index (χ1) is 11.6. The summed E-state index contributed by atoms with van der Waals surface area (Å²) in [5.41, 5.74) is 3.76. The van der Waals surface area contributed by atoms with E-state index in [4.69, 9.17) is 5.26 Å². The first-order valence-corrected chi connectivity index (χ1v) is 10.1. The highest BCUT2D eigenvalue weighted by atomic mass is 32.2. The van der Waals surface area contributed by atoms with E-state index >= 15 is 0 Å². The van der Waals surface area contributed by atoms with E-state index in [1.165, 1.54) is 13.2 Å². The minimum Gasteiger partial charge on any atom is -0.317 e. The summed E-state index contributed by atoms with van der Waals surface area (Å²) in [5, 5.41) is 8.96. The maximum absolute atomic E-state index is 12.0. The van der Waals surface area contributed by atoms with E-state index in [9.17, 15) is 13.2 Å². The van der Waals surface area contributed by atoms with E-state index in [-0.39, 0.29) is 17.5 Å². The summed E-state index contributed by atoms with van der Waals surface area (Å²) >= 11 is 0. The predicted molar refractivity (Wildman–Crippen MR) is 98.0 cm³/mol. The Morgan fingerprint density at radius 3 is 2.36 bits per heavy atom. The van der Waals surface area contributed by atoms with Crippen LogP contribution < -0.4 is 0 Å². The second-order valence-electron chi connectivity index (χ2n) is 6.44. The van der Waals surface area contributed by atoms with Crippen molar-refractivity contribution in [2.45, 2.75) is 33.1 Å². The first-order valence-electron chi connectivity index (χ1n) is 8.05. The van der Waals surface area contributed by atoms with Crippen molar-refractivity contribution in [3.63, 3.8) is 0 Å². The van der Waals surface area contributed by atoms with Crippen molar-refractivity contribution in [2.24, 2.45) is 0 Å². The SMILES string of the molecule is CC(=O)c1cc(C(C)CCS(C)(=O)=O)n(-c2ccc(C#N)cc2)c1C. The average Bonchev–Trinajstić information content (AvgIpc) is 2.89. The largest absolute Gasteiger partial charge is 0.317 e. The van der Waals surface area contributed by atoms with Gasteiger partial charge in [0.15, 0.2) is 5.78 Å². The van der Waals surface area contributed by atoms with Crippen LogP contribution in [0, 0.1) is 18.3 Å². The molecule has 1 unspecified atom stereocenters. The lowest BCUT2D eigenvalue weighted by atomic mass is 10.0. The quantitative estimate of drug-likeness (QED) is 0.741. The number of ketones is 1. The molecule has 0 amide bonds. The molecule has 5 nitrogen and oxygen atoms in total. The molecule has 2 aromatic rings. The molecule has 0 bridgehead atoms. The molecule has 0 fully saturated rings. The van der Waals surface area contributed by atoms with Gasteiger partial charge in [-0.2, -0.15) is 5.26 Å². The monoisotopic (exact) mass is 358 g/mol. The Morgan fingerprint density at radius 2 is 1.88 bits per heavy atom. The van der Waals surface area contributed by atoms with Crippen LogP contribution in [0.3, 0.4) is 0 Å². The summed E-state index contributed by atoms with van der Waals surface area (Å²) in [6, 6.07) is 11.1. The number of benzene rings is 1. The number of carbonyl (C=O) groups is 1. The van der Waals surface area contributed by atoms with Crippen molar-refractivity contribution >= 4 is 15.6 Å². The highest BCUT2D eigenvalue weighted by Crippen LogP contribution is 2.29.